The van der Waals surface area contributed by atoms with Gasteiger partial charge < -0.3 is 10.2 Å². The van der Waals surface area contributed by atoms with Gasteiger partial charge in [0.05, 0.1) is 18.9 Å². The van der Waals surface area contributed by atoms with Crippen LogP contribution < -0.4 is 0 Å². The van der Waals surface area contributed by atoms with Crippen molar-refractivity contribution < 1.29 is 15.0 Å². The molecule has 0 fully saturated rings. The van der Waals surface area contributed by atoms with Gasteiger partial charge >= 0.3 is 0 Å². The molecule has 1 heterocycles. The molecule has 4 nitrogen and oxygen atoms in total. The van der Waals surface area contributed by atoms with Gasteiger partial charge in [-0.05, 0) is 19.1 Å². The summed E-state index contributed by atoms with van der Waals surface area (Å²) in [5.41, 5.74) is -0.862. The Labute approximate surface area is 82.2 Å². The first-order valence-corrected chi connectivity index (χ1v) is 4.31. The van der Waals surface area contributed by atoms with Crippen LogP contribution in [0, 0.1) is 0 Å². The van der Waals surface area contributed by atoms with Crippen LogP contribution in [0.25, 0.3) is 0 Å². The van der Waals surface area contributed by atoms with Crippen molar-refractivity contribution in [2.24, 2.45) is 0 Å². The molecule has 0 bridgehead atoms. The van der Waals surface area contributed by atoms with Gasteiger partial charge in [-0.2, -0.15) is 0 Å². The second-order valence-electron chi connectivity index (χ2n) is 3.17. The molecule has 0 spiro atoms. The van der Waals surface area contributed by atoms with Gasteiger partial charge in [0.1, 0.15) is 11.2 Å². The largest absolute Gasteiger partial charge is 0.395 e. The molecule has 0 aliphatic rings. The van der Waals surface area contributed by atoms with Crippen LogP contribution in [0.3, 0.4) is 0 Å². The summed E-state index contributed by atoms with van der Waals surface area (Å²) >= 11 is 0. The monoisotopic (exact) mass is 195 g/mol. The van der Waals surface area contributed by atoms with E-state index in [0.717, 1.165) is 0 Å². The molecule has 0 saturated carbocycles. The lowest BCUT2D eigenvalue weighted by atomic mass is 9.82. The topological polar surface area (TPSA) is 70.4 Å². The Kier molecular flexibility index (Phi) is 3.33. The minimum Gasteiger partial charge on any atom is -0.395 e. The zero-order valence-electron chi connectivity index (χ0n) is 7.97. The highest BCUT2D eigenvalue weighted by Gasteiger charge is 2.37. The van der Waals surface area contributed by atoms with Crippen LogP contribution in [0.15, 0.2) is 24.4 Å². The van der Waals surface area contributed by atoms with E-state index in [1.54, 1.807) is 18.2 Å². The van der Waals surface area contributed by atoms with E-state index in [4.69, 9.17) is 0 Å². The number of aromatic nitrogens is 1. The van der Waals surface area contributed by atoms with Crippen LogP contribution in [-0.4, -0.2) is 34.2 Å². The van der Waals surface area contributed by atoms with Crippen LogP contribution in [-0.2, 0) is 10.2 Å². The molecule has 0 aliphatic carbocycles. The van der Waals surface area contributed by atoms with Crippen molar-refractivity contribution in [3.63, 3.8) is 0 Å². The third kappa shape index (κ3) is 1.66. The SMILES string of the molecule is CC(=O)C(CO)(CO)c1ccccn1. The lowest BCUT2D eigenvalue weighted by molar-refractivity contribution is -0.125. The molecule has 76 valence electrons. The Morgan fingerprint density at radius 1 is 1.43 bits per heavy atom. The van der Waals surface area contributed by atoms with Crippen molar-refractivity contribution in [3.8, 4) is 0 Å². The smallest absolute Gasteiger partial charge is 0.146 e. The van der Waals surface area contributed by atoms with E-state index in [1.807, 2.05) is 0 Å². The summed E-state index contributed by atoms with van der Waals surface area (Å²) in [5.74, 6) is -0.291. The molecule has 1 aromatic rings. The van der Waals surface area contributed by atoms with Gasteiger partial charge in [0, 0.05) is 6.20 Å². The number of carbonyl (C=O) groups excluding carboxylic acids is 1. The van der Waals surface area contributed by atoms with Crippen molar-refractivity contribution in [3.05, 3.63) is 30.1 Å². The number of hydrogen-bond donors (Lipinski definition) is 2. The fraction of sp³-hybridized carbons (Fsp3) is 0.400. The van der Waals surface area contributed by atoms with Gasteiger partial charge in [0.15, 0.2) is 0 Å². The molecule has 0 saturated heterocycles. The maximum atomic E-state index is 11.4. The number of hydrogen-bond acceptors (Lipinski definition) is 4. The number of aliphatic hydroxyl groups is 2. The maximum absolute atomic E-state index is 11.4. The average Bonchev–Trinajstić information content (AvgIpc) is 2.22. The molecule has 14 heavy (non-hydrogen) atoms. The fourth-order valence-corrected chi connectivity index (χ4v) is 1.26. The van der Waals surface area contributed by atoms with E-state index in [-0.39, 0.29) is 5.78 Å². The lowest BCUT2D eigenvalue weighted by Crippen LogP contribution is -2.42. The van der Waals surface area contributed by atoms with E-state index in [1.165, 1.54) is 13.1 Å². The Morgan fingerprint density at radius 3 is 2.43 bits per heavy atom. The van der Waals surface area contributed by atoms with Crippen molar-refractivity contribution in [1.29, 1.82) is 0 Å². The molecule has 0 aromatic carbocycles. The number of aliphatic hydroxyl groups excluding tert-OH is 2. The Hall–Kier alpha value is -1.26. The molecular weight excluding hydrogens is 182 g/mol. The predicted molar refractivity (Wildman–Crippen MR) is 50.8 cm³/mol. The van der Waals surface area contributed by atoms with Crippen molar-refractivity contribution in [2.45, 2.75) is 12.3 Å². The standard InChI is InChI=1S/C10H13NO3/c1-8(14)10(6-12,7-13)9-4-2-3-5-11-9/h2-5,12-13H,6-7H2,1H3. The highest BCUT2D eigenvalue weighted by molar-refractivity contribution is 5.87. The van der Waals surface area contributed by atoms with Crippen LogP contribution in [0.5, 0.6) is 0 Å². The fourth-order valence-electron chi connectivity index (χ4n) is 1.26. The second-order valence-corrected chi connectivity index (χ2v) is 3.17. The van der Waals surface area contributed by atoms with E-state index >= 15 is 0 Å². The third-order valence-electron chi connectivity index (χ3n) is 2.37. The summed E-state index contributed by atoms with van der Waals surface area (Å²) in [6, 6.07) is 5.04. The van der Waals surface area contributed by atoms with Gasteiger partial charge in [0.2, 0.25) is 0 Å². The third-order valence-corrected chi connectivity index (χ3v) is 2.37. The summed E-state index contributed by atoms with van der Waals surface area (Å²) in [4.78, 5) is 15.3. The van der Waals surface area contributed by atoms with Gasteiger partial charge in [-0.15, -0.1) is 0 Å². The van der Waals surface area contributed by atoms with Crippen molar-refractivity contribution in [1.82, 2.24) is 4.98 Å². The molecule has 0 unspecified atom stereocenters. The van der Waals surface area contributed by atoms with E-state index < -0.39 is 18.6 Å². The first-order valence-electron chi connectivity index (χ1n) is 4.31. The molecule has 0 atom stereocenters. The predicted octanol–water partition coefficient (Wildman–Crippen LogP) is -0.107. The molecule has 0 radical (unpaired) electrons. The van der Waals surface area contributed by atoms with Gasteiger partial charge in [0.25, 0.3) is 0 Å². The van der Waals surface area contributed by atoms with Gasteiger partial charge in [-0.3, -0.25) is 9.78 Å². The lowest BCUT2D eigenvalue weighted by Gasteiger charge is -2.25. The van der Waals surface area contributed by atoms with E-state index in [9.17, 15) is 15.0 Å². The van der Waals surface area contributed by atoms with Crippen LogP contribution >= 0.6 is 0 Å². The Balaban J connectivity index is 3.18. The number of rotatable bonds is 4. The number of ketones is 1. The van der Waals surface area contributed by atoms with Crippen LogP contribution in [0.4, 0.5) is 0 Å². The van der Waals surface area contributed by atoms with Crippen molar-refractivity contribution >= 4 is 5.78 Å². The Bertz CT molecular complexity index is 306. The van der Waals surface area contributed by atoms with Crippen LogP contribution in [0.1, 0.15) is 12.6 Å². The minimum absolute atomic E-state index is 0.291. The summed E-state index contributed by atoms with van der Waals surface area (Å²) < 4.78 is 0. The molecule has 4 heteroatoms. The summed E-state index contributed by atoms with van der Waals surface area (Å²) in [5, 5.41) is 18.4. The number of nitrogens with zero attached hydrogens (tertiary/aromatic N) is 1. The number of carbonyl (C=O) groups is 1. The van der Waals surface area contributed by atoms with Crippen LogP contribution in [0.2, 0.25) is 0 Å². The van der Waals surface area contributed by atoms with E-state index in [0.29, 0.717) is 5.69 Å². The zero-order valence-corrected chi connectivity index (χ0v) is 7.97. The molecule has 0 aliphatic heterocycles. The summed E-state index contributed by atoms with van der Waals surface area (Å²) in [7, 11) is 0. The highest BCUT2D eigenvalue weighted by Crippen LogP contribution is 2.22. The maximum Gasteiger partial charge on any atom is 0.146 e. The molecule has 1 rings (SSSR count). The quantitative estimate of drug-likeness (QED) is 0.703. The van der Waals surface area contributed by atoms with Crippen molar-refractivity contribution in [2.75, 3.05) is 13.2 Å². The Morgan fingerprint density at radius 2 is 2.07 bits per heavy atom. The van der Waals surface area contributed by atoms with Gasteiger partial charge in [-0.1, -0.05) is 6.07 Å². The average molecular weight is 195 g/mol. The molecular formula is C10H13NO3. The van der Waals surface area contributed by atoms with E-state index in [2.05, 4.69) is 4.98 Å². The number of Topliss-reactive ketones (excluding diaryl/α,β-unsaturated/α-hetero) is 1. The van der Waals surface area contributed by atoms with Gasteiger partial charge in [-0.25, -0.2) is 0 Å². The zero-order chi connectivity index (χ0) is 10.6. The first-order chi connectivity index (χ1) is 6.67. The normalized spacial score (nSPS) is 11.4. The second kappa shape index (κ2) is 4.30. The molecule has 1 aromatic heterocycles. The highest BCUT2D eigenvalue weighted by atomic mass is 16.3. The minimum atomic E-state index is -1.26. The molecule has 0 amide bonds. The molecule has 2 N–H and O–H groups in total. The number of pyridine rings is 1. The summed E-state index contributed by atoms with van der Waals surface area (Å²) in [6.07, 6.45) is 1.53. The first kappa shape index (κ1) is 10.8. The summed E-state index contributed by atoms with van der Waals surface area (Å²) in [6.45, 7) is 0.465.